The molecule has 0 spiro atoms. The molecule has 1 N–H and O–H groups in total. The number of hydrogen-bond acceptors (Lipinski definition) is 6. The number of carbonyl (C=O) groups is 1. The highest BCUT2D eigenvalue weighted by Crippen LogP contribution is 2.25. The lowest BCUT2D eigenvalue weighted by atomic mass is 10.2. The van der Waals surface area contributed by atoms with Crippen LogP contribution in [0.5, 0.6) is 0 Å². The number of aromatic nitrogens is 1. The summed E-state index contributed by atoms with van der Waals surface area (Å²) in [5.41, 5.74) is 1.48. The molecule has 0 aliphatic heterocycles. The minimum atomic E-state index is -0.300. The molecule has 148 valence electrons. The molecule has 0 saturated carbocycles. The van der Waals surface area contributed by atoms with Gasteiger partial charge in [0.15, 0.2) is 5.13 Å². The van der Waals surface area contributed by atoms with Gasteiger partial charge in [0, 0.05) is 10.9 Å². The van der Waals surface area contributed by atoms with E-state index in [4.69, 9.17) is 8.83 Å². The van der Waals surface area contributed by atoms with Crippen LogP contribution in [0.15, 0.2) is 75.3 Å². The summed E-state index contributed by atoms with van der Waals surface area (Å²) in [6, 6.07) is 13.4. The summed E-state index contributed by atoms with van der Waals surface area (Å²) in [5.74, 6) is 1.03. The van der Waals surface area contributed by atoms with Crippen molar-refractivity contribution in [2.45, 2.75) is 13.1 Å². The molecule has 3 aromatic heterocycles. The van der Waals surface area contributed by atoms with Gasteiger partial charge >= 0.3 is 0 Å². The van der Waals surface area contributed by atoms with Gasteiger partial charge in [0.25, 0.3) is 0 Å². The first-order valence-electron chi connectivity index (χ1n) is 8.94. The predicted molar refractivity (Wildman–Crippen MR) is 108 cm³/mol. The van der Waals surface area contributed by atoms with Gasteiger partial charge in [-0.25, -0.2) is 9.37 Å². The first kappa shape index (κ1) is 19.1. The van der Waals surface area contributed by atoms with E-state index in [1.54, 1.807) is 24.7 Å². The first-order valence-corrected chi connectivity index (χ1v) is 9.82. The summed E-state index contributed by atoms with van der Waals surface area (Å²) in [7, 11) is 0. The number of thiazole rings is 1. The molecule has 0 saturated heterocycles. The van der Waals surface area contributed by atoms with E-state index in [0.29, 0.717) is 23.9 Å². The molecule has 4 aromatic rings. The summed E-state index contributed by atoms with van der Waals surface area (Å²) in [6.07, 6.45) is 3.21. The molecule has 6 nitrogen and oxygen atoms in total. The van der Waals surface area contributed by atoms with Crippen molar-refractivity contribution >= 4 is 22.4 Å². The number of anilines is 1. The maximum absolute atomic E-state index is 13.1. The fourth-order valence-electron chi connectivity index (χ4n) is 2.86. The number of hydrogen-bond donors (Lipinski definition) is 1. The molecular formula is C21H18FN3O3S. The standard InChI is InChI=1S/C21H18FN3O3S/c22-16-7-5-15(6-8-16)19-14-29-21(23-19)24-20(26)13-25(11-17-3-1-9-27-17)12-18-4-2-10-28-18/h1-10,14H,11-13H2,(H,23,24,26). The minimum Gasteiger partial charge on any atom is -0.468 e. The van der Waals surface area contributed by atoms with Crippen LogP contribution >= 0.6 is 11.3 Å². The monoisotopic (exact) mass is 411 g/mol. The number of rotatable bonds is 8. The van der Waals surface area contributed by atoms with Crippen molar-refractivity contribution in [2.75, 3.05) is 11.9 Å². The zero-order valence-corrected chi connectivity index (χ0v) is 16.2. The Balaban J connectivity index is 1.40. The Morgan fingerprint density at radius 3 is 2.28 bits per heavy atom. The third kappa shape index (κ3) is 5.18. The van der Waals surface area contributed by atoms with Crippen LogP contribution in [0, 0.1) is 5.82 Å². The third-order valence-corrected chi connectivity index (χ3v) is 4.93. The van der Waals surface area contributed by atoms with Gasteiger partial charge in [-0.05, 0) is 48.5 Å². The highest BCUT2D eigenvalue weighted by molar-refractivity contribution is 7.14. The Bertz CT molecular complexity index is 1010. The second-order valence-electron chi connectivity index (χ2n) is 6.40. The van der Waals surface area contributed by atoms with Gasteiger partial charge in [-0.2, -0.15) is 0 Å². The Morgan fingerprint density at radius 2 is 1.69 bits per heavy atom. The van der Waals surface area contributed by atoms with Crippen molar-refractivity contribution in [3.63, 3.8) is 0 Å². The second-order valence-corrected chi connectivity index (χ2v) is 7.25. The summed E-state index contributed by atoms with van der Waals surface area (Å²) in [5, 5.41) is 5.14. The molecule has 0 atom stereocenters. The van der Waals surface area contributed by atoms with E-state index in [0.717, 1.165) is 17.1 Å². The van der Waals surface area contributed by atoms with Crippen molar-refractivity contribution in [1.29, 1.82) is 0 Å². The van der Waals surface area contributed by atoms with Gasteiger partial charge in [-0.15, -0.1) is 11.3 Å². The second kappa shape index (κ2) is 8.85. The quantitative estimate of drug-likeness (QED) is 0.452. The van der Waals surface area contributed by atoms with Crippen LogP contribution in [0.25, 0.3) is 11.3 Å². The third-order valence-electron chi connectivity index (χ3n) is 4.18. The molecule has 0 bridgehead atoms. The normalized spacial score (nSPS) is 11.1. The number of furan rings is 2. The fourth-order valence-corrected chi connectivity index (χ4v) is 3.60. The van der Waals surface area contributed by atoms with Crippen molar-refractivity contribution in [3.05, 3.63) is 83.8 Å². The smallest absolute Gasteiger partial charge is 0.240 e. The van der Waals surface area contributed by atoms with E-state index in [2.05, 4.69) is 10.3 Å². The molecule has 0 fully saturated rings. The Kier molecular flexibility index (Phi) is 5.83. The van der Waals surface area contributed by atoms with E-state index in [1.807, 2.05) is 34.5 Å². The van der Waals surface area contributed by atoms with Crippen molar-refractivity contribution in [2.24, 2.45) is 0 Å². The number of nitrogens with zero attached hydrogens (tertiary/aromatic N) is 2. The number of nitrogens with one attached hydrogen (secondary N) is 1. The van der Waals surface area contributed by atoms with Crippen LogP contribution in [-0.4, -0.2) is 22.3 Å². The Hall–Kier alpha value is -3.23. The van der Waals surface area contributed by atoms with E-state index >= 15 is 0 Å². The molecule has 1 amide bonds. The van der Waals surface area contributed by atoms with Crippen molar-refractivity contribution in [3.8, 4) is 11.3 Å². The largest absolute Gasteiger partial charge is 0.468 e. The van der Waals surface area contributed by atoms with E-state index < -0.39 is 0 Å². The number of benzene rings is 1. The fraction of sp³-hybridized carbons (Fsp3) is 0.143. The minimum absolute atomic E-state index is 0.146. The maximum atomic E-state index is 13.1. The van der Waals surface area contributed by atoms with E-state index in [-0.39, 0.29) is 18.3 Å². The van der Waals surface area contributed by atoms with Crippen LogP contribution in [0.3, 0.4) is 0 Å². The molecule has 0 radical (unpaired) electrons. The lowest BCUT2D eigenvalue weighted by molar-refractivity contribution is -0.117. The highest BCUT2D eigenvalue weighted by atomic mass is 32.1. The Morgan fingerprint density at radius 1 is 1.03 bits per heavy atom. The highest BCUT2D eigenvalue weighted by Gasteiger charge is 2.16. The molecular weight excluding hydrogens is 393 g/mol. The van der Waals surface area contributed by atoms with Gasteiger partial charge in [0.2, 0.25) is 5.91 Å². The van der Waals surface area contributed by atoms with E-state index in [1.165, 1.54) is 23.5 Å². The number of amides is 1. The summed E-state index contributed by atoms with van der Waals surface area (Å²) in [4.78, 5) is 18.9. The predicted octanol–water partition coefficient (Wildman–Crippen LogP) is 4.78. The number of halogens is 1. The molecule has 3 heterocycles. The molecule has 4 rings (SSSR count). The van der Waals surface area contributed by atoms with E-state index in [9.17, 15) is 9.18 Å². The van der Waals surface area contributed by atoms with Gasteiger partial charge in [0.05, 0.1) is 37.9 Å². The van der Waals surface area contributed by atoms with Gasteiger partial charge in [0.1, 0.15) is 17.3 Å². The van der Waals surface area contributed by atoms with Crippen LogP contribution in [-0.2, 0) is 17.9 Å². The maximum Gasteiger partial charge on any atom is 0.240 e. The molecule has 1 aromatic carbocycles. The zero-order valence-electron chi connectivity index (χ0n) is 15.4. The summed E-state index contributed by atoms with van der Waals surface area (Å²) < 4.78 is 23.9. The molecule has 0 aliphatic rings. The topological polar surface area (TPSA) is 71.5 Å². The van der Waals surface area contributed by atoms with Gasteiger partial charge < -0.3 is 14.2 Å². The molecule has 29 heavy (non-hydrogen) atoms. The van der Waals surface area contributed by atoms with Crippen molar-refractivity contribution in [1.82, 2.24) is 9.88 Å². The van der Waals surface area contributed by atoms with Crippen LogP contribution in [0.2, 0.25) is 0 Å². The van der Waals surface area contributed by atoms with Crippen molar-refractivity contribution < 1.29 is 18.0 Å². The Labute approximate surface area is 170 Å². The SMILES string of the molecule is O=C(CN(Cc1ccco1)Cc1ccco1)Nc1nc(-c2ccc(F)cc2)cs1. The van der Waals surface area contributed by atoms with Gasteiger partial charge in [-0.1, -0.05) is 0 Å². The molecule has 0 aliphatic carbocycles. The number of carbonyl (C=O) groups excluding carboxylic acids is 1. The lowest BCUT2D eigenvalue weighted by Gasteiger charge is -2.19. The summed E-state index contributed by atoms with van der Waals surface area (Å²) in [6.45, 7) is 1.09. The zero-order chi connectivity index (χ0) is 20.1. The van der Waals surface area contributed by atoms with Crippen LogP contribution < -0.4 is 5.32 Å². The van der Waals surface area contributed by atoms with Crippen LogP contribution in [0.4, 0.5) is 9.52 Å². The molecule has 0 unspecified atom stereocenters. The average molecular weight is 411 g/mol. The van der Waals surface area contributed by atoms with Crippen LogP contribution in [0.1, 0.15) is 11.5 Å². The van der Waals surface area contributed by atoms with Gasteiger partial charge in [-0.3, -0.25) is 9.69 Å². The first-order chi connectivity index (χ1) is 14.2. The molecule has 8 heteroatoms. The lowest BCUT2D eigenvalue weighted by Crippen LogP contribution is -2.32. The summed E-state index contributed by atoms with van der Waals surface area (Å²) >= 11 is 1.32. The average Bonchev–Trinajstić information content (AvgIpc) is 3.45.